The van der Waals surface area contributed by atoms with Crippen LogP contribution in [0.2, 0.25) is 5.02 Å². The maximum atomic E-state index is 13.2. The zero-order valence-corrected chi connectivity index (χ0v) is 19.0. The first-order valence-electron chi connectivity index (χ1n) is 9.80. The number of carbonyl (C=O) groups is 2. The molecule has 2 amide bonds. The van der Waals surface area contributed by atoms with Crippen LogP contribution in [0.1, 0.15) is 20.8 Å². The van der Waals surface area contributed by atoms with E-state index in [0.717, 1.165) is 10.4 Å². The lowest BCUT2D eigenvalue weighted by atomic mass is 10.1. The monoisotopic (exact) mass is 474 g/mol. The average Bonchev–Trinajstić information content (AvgIpc) is 3.30. The second-order valence-corrected chi connectivity index (χ2v) is 8.22. The number of benzene rings is 2. The van der Waals surface area contributed by atoms with Crippen LogP contribution < -0.4 is 14.8 Å². The number of ether oxygens (including phenoxy) is 2. The first kappa shape index (κ1) is 23.4. The van der Waals surface area contributed by atoms with Gasteiger partial charge in [0.15, 0.2) is 11.5 Å². The second kappa shape index (κ2) is 11.4. The zero-order chi connectivity index (χ0) is 22.9. The van der Waals surface area contributed by atoms with Crippen LogP contribution in [0.25, 0.3) is 0 Å². The normalized spacial score (nSPS) is 10.4. The lowest BCUT2D eigenvalue weighted by Gasteiger charge is -2.23. The summed E-state index contributed by atoms with van der Waals surface area (Å²) in [6.07, 6.45) is -1.13. The number of carboxylic acid groups (broad SMARTS) is 1. The molecule has 168 valence electrons. The fourth-order valence-corrected chi connectivity index (χ4v) is 3.92. The molecule has 0 atom stereocenters. The first-order valence-corrected chi connectivity index (χ1v) is 11.1. The van der Waals surface area contributed by atoms with Gasteiger partial charge >= 0.3 is 6.09 Å². The Labute approximate surface area is 195 Å². The van der Waals surface area contributed by atoms with E-state index in [-0.39, 0.29) is 25.6 Å². The van der Waals surface area contributed by atoms with Gasteiger partial charge in [-0.25, -0.2) is 4.79 Å². The molecule has 3 rings (SSSR count). The number of carbonyl (C=O) groups excluding carboxylic acids is 1. The van der Waals surface area contributed by atoms with Gasteiger partial charge in [0.05, 0.1) is 13.7 Å². The summed E-state index contributed by atoms with van der Waals surface area (Å²) in [6.45, 7) is 0.998. The third-order valence-corrected chi connectivity index (χ3v) is 5.85. The Morgan fingerprint density at radius 1 is 1.12 bits per heavy atom. The van der Waals surface area contributed by atoms with Crippen molar-refractivity contribution in [1.29, 1.82) is 0 Å². The van der Waals surface area contributed by atoms with E-state index in [2.05, 4.69) is 5.32 Å². The minimum Gasteiger partial charge on any atom is -0.493 e. The molecule has 0 spiro atoms. The average molecular weight is 475 g/mol. The molecule has 0 aliphatic rings. The lowest BCUT2D eigenvalue weighted by Crippen LogP contribution is -2.37. The van der Waals surface area contributed by atoms with E-state index in [4.69, 9.17) is 26.2 Å². The van der Waals surface area contributed by atoms with Crippen LogP contribution in [0.15, 0.2) is 60.0 Å². The Balaban J connectivity index is 1.75. The standard InChI is InChI=1S/C23H23ClN2O5S/c1-30-21-13-16(8-9-20(21)31-15-17-5-2-3-7-19(17)24)22(27)26(11-10-25-23(28)29)14-18-6-4-12-32-18/h2-9,12-13,25H,10-11,14-15H2,1H3,(H,28,29). The van der Waals surface area contributed by atoms with E-state index in [1.165, 1.54) is 18.4 Å². The fraction of sp³-hybridized carbons (Fsp3) is 0.217. The van der Waals surface area contributed by atoms with Gasteiger partial charge in [-0.05, 0) is 35.7 Å². The van der Waals surface area contributed by atoms with Crippen molar-refractivity contribution in [3.63, 3.8) is 0 Å². The van der Waals surface area contributed by atoms with Gasteiger partial charge in [-0.2, -0.15) is 0 Å². The molecule has 1 heterocycles. The summed E-state index contributed by atoms with van der Waals surface area (Å²) < 4.78 is 11.3. The van der Waals surface area contributed by atoms with E-state index in [9.17, 15) is 9.59 Å². The van der Waals surface area contributed by atoms with Crippen molar-refractivity contribution in [3.05, 3.63) is 81.0 Å². The van der Waals surface area contributed by atoms with Crippen LogP contribution in [0.4, 0.5) is 4.79 Å². The SMILES string of the molecule is COc1cc(C(=O)N(CCNC(=O)O)Cc2cccs2)ccc1OCc1ccccc1Cl. The molecular formula is C23H23ClN2O5S. The highest BCUT2D eigenvalue weighted by Gasteiger charge is 2.19. The van der Waals surface area contributed by atoms with Gasteiger partial charge < -0.3 is 24.8 Å². The first-order chi connectivity index (χ1) is 15.5. The van der Waals surface area contributed by atoms with Gasteiger partial charge in [-0.3, -0.25) is 4.79 Å². The molecule has 2 aromatic carbocycles. The molecule has 0 saturated carbocycles. The van der Waals surface area contributed by atoms with Gasteiger partial charge in [-0.15, -0.1) is 11.3 Å². The van der Waals surface area contributed by atoms with E-state index in [1.807, 2.05) is 35.7 Å². The molecule has 0 aliphatic carbocycles. The van der Waals surface area contributed by atoms with Gasteiger partial charge in [0.25, 0.3) is 5.91 Å². The molecule has 9 heteroatoms. The lowest BCUT2D eigenvalue weighted by molar-refractivity contribution is 0.0744. The van der Waals surface area contributed by atoms with Crippen molar-refractivity contribution in [2.45, 2.75) is 13.2 Å². The van der Waals surface area contributed by atoms with Crippen LogP contribution in [-0.2, 0) is 13.2 Å². The molecule has 2 N–H and O–H groups in total. The number of hydrogen-bond acceptors (Lipinski definition) is 5. The minimum absolute atomic E-state index is 0.128. The summed E-state index contributed by atoms with van der Waals surface area (Å²) in [7, 11) is 1.51. The minimum atomic E-state index is -1.13. The highest BCUT2D eigenvalue weighted by molar-refractivity contribution is 7.09. The van der Waals surface area contributed by atoms with Crippen molar-refractivity contribution in [2.75, 3.05) is 20.2 Å². The Kier molecular flexibility index (Phi) is 8.35. The number of nitrogens with one attached hydrogen (secondary N) is 1. The zero-order valence-electron chi connectivity index (χ0n) is 17.4. The van der Waals surface area contributed by atoms with E-state index in [0.29, 0.717) is 28.6 Å². The molecule has 32 heavy (non-hydrogen) atoms. The summed E-state index contributed by atoms with van der Waals surface area (Å²) in [5.41, 5.74) is 1.25. The van der Waals surface area contributed by atoms with Gasteiger partial charge in [0.2, 0.25) is 0 Å². The molecule has 0 saturated heterocycles. The van der Waals surface area contributed by atoms with Crippen LogP contribution in [0.5, 0.6) is 11.5 Å². The Bertz CT molecular complexity index is 1060. The predicted molar refractivity (Wildman–Crippen MR) is 124 cm³/mol. The molecule has 0 bridgehead atoms. The third-order valence-electron chi connectivity index (χ3n) is 4.62. The summed E-state index contributed by atoms with van der Waals surface area (Å²) in [6, 6.07) is 16.2. The molecule has 0 radical (unpaired) electrons. The smallest absolute Gasteiger partial charge is 0.404 e. The maximum absolute atomic E-state index is 13.2. The predicted octanol–water partition coefficient (Wildman–Crippen LogP) is 4.90. The Morgan fingerprint density at radius 2 is 1.94 bits per heavy atom. The highest BCUT2D eigenvalue weighted by atomic mass is 35.5. The number of rotatable bonds is 10. The van der Waals surface area contributed by atoms with E-state index >= 15 is 0 Å². The topological polar surface area (TPSA) is 88.1 Å². The van der Waals surface area contributed by atoms with Crippen LogP contribution >= 0.6 is 22.9 Å². The Hall–Kier alpha value is -3.23. The number of hydrogen-bond donors (Lipinski definition) is 2. The summed E-state index contributed by atoms with van der Waals surface area (Å²) in [4.78, 5) is 26.6. The number of amides is 2. The summed E-state index contributed by atoms with van der Waals surface area (Å²) in [5.74, 6) is 0.672. The molecule has 0 fully saturated rings. The second-order valence-electron chi connectivity index (χ2n) is 6.78. The van der Waals surface area contributed by atoms with E-state index in [1.54, 1.807) is 29.2 Å². The maximum Gasteiger partial charge on any atom is 0.404 e. The van der Waals surface area contributed by atoms with Gasteiger partial charge in [0.1, 0.15) is 6.61 Å². The Morgan fingerprint density at radius 3 is 2.62 bits per heavy atom. The van der Waals surface area contributed by atoms with E-state index < -0.39 is 6.09 Å². The van der Waals surface area contributed by atoms with Gasteiger partial charge in [0, 0.05) is 34.1 Å². The molecule has 3 aromatic rings. The van der Waals surface area contributed by atoms with Crippen molar-refractivity contribution in [3.8, 4) is 11.5 Å². The van der Waals surface area contributed by atoms with Crippen LogP contribution in [0.3, 0.4) is 0 Å². The van der Waals surface area contributed by atoms with Crippen molar-refractivity contribution in [2.24, 2.45) is 0 Å². The molecule has 7 nitrogen and oxygen atoms in total. The number of methoxy groups -OCH3 is 1. The molecule has 0 unspecified atom stereocenters. The molecular weight excluding hydrogens is 452 g/mol. The number of nitrogens with zero attached hydrogens (tertiary/aromatic N) is 1. The highest BCUT2D eigenvalue weighted by Crippen LogP contribution is 2.30. The number of thiophene rings is 1. The summed E-state index contributed by atoms with van der Waals surface area (Å²) in [5, 5.41) is 13.7. The largest absolute Gasteiger partial charge is 0.493 e. The van der Waals surface area contributed by atoms with Gasteiger partial charge in [-0.1, -0.05) is 35.9 Å². The molecule has 1 aromatic heterocycles. The third kappa shape index (κ3) is 6.38. The van der Waals surface area contributed by atoms with Crippen molar-refractivity contribution < 1.29 is 24.2 Å². The van der Waals surface area contributed by atoms with Crippen molar-refractivity contribution >= 4 is 34.9 Å². The summed E-state index contributed by atoms with van der Waals surface area (Å²) >= 11 is 7.72. The number of halogens is 1. The van der Waals surface area contributed by atoms with Crippen LogP contribution in [-0.4, -0.2) is 42.2 Å². The van der Waals surface area contributed by atoms with Crippen LogP contribution in [0, 0.1) is 0 Å². The van der Waals surface area contributed by atoms with Crippen molar-refractivity contribution in [1.82, 2.24) is 10.2 Å². The fourth-order valence-electron chi connectivity index (χ4n) is 3.01. The molecule has 0 aliphatic heterocycles. The quantitative estimate of drug-likeness (QED) is 0.436.